The monoisotopic (exact) mass is 432 g/mol. The molecule has 1 N–H and O–H groups in total. The number of amides is 2. The van der Waals surface area contributed by atoms with Crippen molar-refractivity contribution in [3.8, 4) is 0 Å². The summed E-state index contributed by atoms with van der Waals surface area (Å²) >= 11 is 0. The zero-order valence-electron chi connectivity index (χ0n) is 18.3. The largest absolute Gasteiger partial charge is 0.350 e. The van der Waals surface area contributed by atoms with Crippen LogP contribution in [0.25, 0.3) is 0 Å². The van der Waals surface area contributed by atoms with Crippen LogP contribution in [0.15, 0.2) is 84.9 Å². The van der Waals surface area contributed by atoms with Crippen LogP contribution in [0.5, 0.6) is 0 Å². The van der Waals surface area contributed by atoms with Crippen LogP contribution < -0.4 is 5.32 Å². The van der Waals surface area contributed by atoms with Gasteiger partial charge in [0, 0.05) is 25.9 Å². The normalized spacial score (nSPS) is 11.6. The zero-order chi connectivity index (χ0) is 22.8. The van der Waals surface area contributed by atoms with Crippen molar-refractivity contribution in [2.24, 2.45) is 0 Å². The van der Waals surface area contributed by atoms with Gasteiger partial charge in [-0.05, 0) is 35.2 Å². The maximum atomic E-state index is 13.4. The predicted octanol–water partition coefficient (Wildman–Crippen LogP) is 4.88. The Morgan fingerprint density at radius 2 is 1.44 bits per heavy atom. The number of carbonyl (C=O) groups is 2. The molecule has 2 amide bonds. The Morgan fingerprint density at radius 1 is 0.844 bits per heavy atom. The first-order valence-electron chi connectivity index (χ1n) is 11.0. The minimum absolute atomic E-state index is 0.0902. The van der Waals surface area contributed by atoms with Crippen molar-refractivity contribution in [2.45, 2.75) is 45.3 Å². The molecule has 0 aromatic heterocycles. The number of nitrogens with one attached hydrogen (secondary N) is 1. The molecule has 0 saturated heterocycles. The van der Waals surface area contributed by atoms with Gasteiger partial charge in [0.2, 0.25) is 11.8 Å². The molecule has 3 aromatic rings. The zero-order valence-corrected chi connectivity index (χ0v) is 18.3. The summed E-state index contributed by atoms with van der Waals surface area (Å²) in [5.41, 5.74) is 2.75. The molecule has 0 bridgehead atoms. The van der Waals surface area contributed by atoms with Gasteiger partial charge >= 0.3 is 0 Å². The second kappa shape index (κ2) is 11.8. The van der Waals surface area contributed by atoms with E-state index >= 15 is 0 Å². The second-order valence-electron chi connectivity index (χ2n) is 7.81. The number of benzene rings is 3. The maximum absolute atomic E-state index is 13.4. The van der Waals surface area contributed by atoms with E-state index in [1.807, 2.05) is 67.6 Å². The van der Waals surface area contributed by atoms with Crippen molar-refractivity contribution >= 4 is 11.8 Å². The summed E-state index contributed by atoms with van der Waals surface area (Å²) in [6.45, 7) is 2.57. The Bertz CT molecular complexity index is 991. The predicted molar refractivity (Wildman–Crippen MR) is 124 cm³/mol. The molecule has 0 aliphatic carbocycles. The summed E-state index contributed by atoms with van der Waals surface area (Å²) in [6, 6.07) is 24.7. The fourth-order valence-corrected chi connectivity index (χ4v) is 3.60. The average molecular weight is 433 g/mol. The van der Waals surface area contributed by atoms with Crippen molar-refractivity contribution < 1.29 is 14.0 Å². The van der Waals surface area contributed by atoms with Crippen LogP contribution in [0.1, 0.15) is 36.5 Å². The molecular formula is C27H29FN2O2. The highest BCUT2D eigenvalue weighted by atomic mass is 19.1. The molecule has 1 atom stereocenters. The molecule has 0 radical (unpaired) electrons. The van der Waals surface area contributed by atoms with E-state index in [0.717, 1.165) is 16.7 Å². The molecule has 0 fully saturated rings. The average Bonchev–Trinajstić information content (AvgIpc) is 2.82. The summed E-state index contributed by atoms with van der Waals surface area (Å²) in [6.07, 6.45) is 1.43. The second-order valence-corrected chi connectivity index (χ2v) is 7.81. The molecule has 1 unspecified atom stereocenters. The van der Waals surface area contributed by atoms with Gasteiger partial charge in [0.15, 0.2) is 0 Å². The van der Waals surface area contributed by atoms with Crippen LogP contribution in [-0.4, -0.2) is 22.8 Å². The number of hydrogen-bond donors (Lipinski definition) is 1. The Balaban J connectivity index is 1.87. The van der Waals surface area contributed by atoms with E-state index in [4.69, 9.17) is 0 Å². The van der Waals surface area contributed by atoms with Crippen LogP contribution in [0, 0.1) is 5.82 Å². The lowest BCUT2D eigenvalue weighted by atomic mass is 10.0. The molecule has 0 aliphatic heterocycles. The van der Waals surface area contributed by atoms with Crippen molar-refractivity contribution in [3.63, 3.8) is 0 Å². The first kappa shape index (κ1) is 23.2. The van der Waals surface area contributed by atoms with Crippen LogP contribution in [0.4, 0.5) is 4.39 Å². The van der Waals surface area contributed by atoms with E-state index in [0.29, 0.717) is 25.8 Å². The summed E-state index contributed by atoms with van der Waals surface area (Å²) in [7, 11) is 0. The summed E-state index contributed by atoms with van der Waals surface area (Å²) in [5, 5.41) is 3.00. The fraction of sp³-hybridized carbons (Fsp3) is 0.259. The number of hydrogen-bond acceptors (Lipinski definition) is 2. The summed E-state index contributed by atoms with van der Waals surface area (Å²) < 4.78 is 13.4. The first-order valence-corrected chi connectivity index (χ1v) is 11.0. The molecule has 4 nitrogen and oxygen atoms in total. The van der Waals surface area contributed by atoms with E-state index in [-0.39, 0.29) is 24.2 Å². The van der Waals surface area contributed by atoms with Crippen LogP contribution in [0.2, 0.25) is 0 Å². The van der Waals surface area contributed by atoms with Gasteiger partial charge in [0.05, 0.1) is 0 Å². The molecule has 0 saturated carbocycles. The summed E-state index contributed by atoms with van der Waals surface area (Å²) in [4.78, 5) is 28.1. The number of halogens is 1. The van der Waals surface area contributed by atoms with Crippen molar-refractivity contribution in [2.75, 3.05) is 0 Å². The smallest absolute Gasteiger partial charge is 0.243 e. The molecule has 0 spiro atoms. The van der Waals surface area contributed by atoms with Crippen LogP contribution in [0.3, 0.4) is 0 Å². The van der Waals surface area contributed by atoms with Crippen molar-refractivity contribution in [3.05, 3.63) is 107 Å². The summed E-state index contributed by atoms with van der Waals surface area (Å²) in [5.74, 6) is -0.626. The first-order chi connectivity index (χ1) is 15.6. The Morgan fingerprint density at radius 3 is 2.03 bits per heavy atom. The van der Waals surface area contributed by atoms with Gasteiger partial charge in [-0.2, -0.15) is 0 Å². The quantitative estimate of drug-likeness (QED) is 0.496. The third kappa shape index (κ3) is 6.77. The third-order valence-electron chi connectivity index (χ3n) is 5.31. The maximum Gasteiger partial charge on any atom is 0.243 e. The number of carbonyl (C=O) groups excluding carboxylic acids is 2. The van der Waals surface area contributed by atoms with Gasteiger partial charge in [-0.3, -0.25) is 9.59 Å². The third-order valence-corrected chi connectivity index (χ3v) is 5.31. The molecule has 0 aliphatic rings. The van der Waals surface area contributed by atoms with E-state index in [1.165, 1.54) is 12.1 Å². The minimum atomic E-state index is -0.676. The highest BCUT2D eigenvalue weighted by molar-refractivity contribution is 5.88. The molecule has 32 heavy (non-hydrogen) atoms. The lowest BCUT2D eigenvalue weighted by Crippen LogP contribution is -2.50. The van der Waals surface area contributed by atoms with Gasteiger partial charge in [0.1, 0.15) is 11.9 Å². The van der Waals surface area contributed by atoms with Crippen LogP contribution >= 0.6 is 0 Å². The highest BCUT2D eigenvalue weighted by Crippen LogP contribution is 2.17. The molecule has 3 aromatic carbocycles. The van der Waals surface area contributed by atoms with E-state index < -0.39 is 6.04 Å². The molecular weight excluding hydrogens is 403 g/mol. The molecule has 3 rings (SSSR count). The van der Waals surface area contributed by atoms with E-state index in [1.54, 1.807) is 17.0 Å². The van der Waals surface area contributed by atoms with Gasteiger partial charge in [-0.15, -0.1) is 0 Å². The van der Waals surface area contributed by atoms with Crippen LogP contribution in [-0.2, 0) is 29.1 Å². The van der Waals surface area contributed by atoms with Gasteiger partial charge in [-0.25, -0.2) is 4.39 Å². The SMILES string of the molecule is CCCC(=O)N(Cc1ccc(F)cc1)C(Cc1ccccc1)C(=O)NCc1ccccc1. The standard InChI is InChI=1S/C27H29FN2O2/c1-2-9-26(31)30(20-23-14-16-24(28)17-15-23)25(18-21-10-5-3-6-11-21)27(32)29-19-22-12-7-4-8-13-22/h3-8,10-17,25H,2,9,18-20H2,1H3,(H,29,32). The van der Waals surface area contributed by atoms with Crippen molar-refractivity contribution in [1.29, 1.82) is 0 Å². The van der Waals surface area contributed by atoms with Crippen molar-refractivity contribution in [1.82, 2.24) is 10.2 Å². The molecule has 0 heterocycles. The van der Waals surface area contributed by atoms with E-state index in [2.05, 4.69) is 5.32 Å². The minimum Gasteiger partial charge on any atom is -0.350 e. The topological polar surface area (TPSA) is 49.4 Å². The van der Waals surface area contributed by atoms with Gasteiger partial charge in [-0.1, -0.05) is 79.7 Å². The Hall–Kier alpha value is -3.47. The number of rotatable bonds is 10. The van der Waals surface area contributed by atoms with E-state index in [9.17, 15) is 14.0 Å². The lowest BCUT2D eigenvalue weighted by molar-refractivity contribution is -0.141. The van der Waals surface area contributed by atoms with Gasteiger partial charge in [0.25, 0.3) is 0 Å². The lowest BCUT2D eigenvalue weighted by Gasteiger charge is -2.31. The molecule has 166 valence electrons. The highest BCUT2D eigenvalue weighted by Gasteiger charge is 2.29. The van der Waals surface area contributed by atoms with Gasteiger partial charge < -0.3 is 10.2 Å². The molecule has 5 heteroatoms. The Labute approximate surface area is 189 Å². The number of nitrogens with zero attached hydrogens (tertiary/aromatic N) is 1. The Kier molecular flexibility index (Phi) is 8.55. The fourth-order valence-electron chi connectivity index (χ4n) is 3.60.